The van der Waals surface area contributed by atoms with Crippen LogP contribution in [0.15, 0.2) is 41.3 Å². The largest absolute Gasteiger partial charge is 0.398 e. The van der Waals surface area contributed by atoms with Gasteiger partial charge in [-0.15, -0.1) is 0 Å². The van der Waals surface area contributed by atoms with Crippen LogP contribution in [0.5, 0.6) is 0 Å². The third-order valence-electron chi connectivity index (χ3n) is 2.60. The predicted molar refractivity (Wildman–Crippen MR) is 77.8 cm³/mol. The minimum Gasteiger partial charge on any atom is -0.398 e. The molecule has 0 bridgehead atoms. The molecule has 0 radical (unpaired) electrons. The molecule has 0 fully saturated rings. The van der Waals surface area contributed by atoms with E-state index in [-0.39, 0.29) is 26.9 Å². The average molecular weight is 326 g/mol. The maximum absolute atomic E-state index is 12.9. The number of rotatable bonds is 3. The standard InChI is InChI=1S/C13H9ClFN3O2S/c14-10-6-9(15)2-3-12(10)18-21(19,20)13-4-1-8(7-16)5-11(13)17/h1-6,18H,17H2. The third-order valence-corrected chi connectivity index (χ3v) is 4.36. The Bertz CT molecular complexity index is 847. The molecule has 0 heterocycles. The van der Waals surface area contributed by atoms with Crippen molar-refractivity contribution in [2.45, 2.75) is 4.90 Å². The number of anilines is 2. The smallest absolute Gasteiger partial charge is 0.263 e. The Labute approximate surface area is 125 Å². The second-order valence-corrected chi connectivity index (χ2v) is 6.15. The minimum atomic E-state index is -4.00. The SMILES string of the molecule is N#Cc1ccc(S(=O)(=O)Nc2ccc(F)cc2Cl)c(N)c1. The van der Waals surface area contributed by atoms with Crippen LogP contribution in [-0.2, 0) is 10.0 Å². The van der Waals surface area contributed by atoms with Gasteiger partial charge in [-0.3, -0.25) is 4.72 Å². The van der Waals surface area contributed by atoms with Crippen LogP contribution < -0.4 is 10.5 Å². The molecule has 21 heavy (non-hydrogen) atoms. The summed E-state index contributed by atoms with van der Waals surface area (Å²) >= 11 is 5.77. The van der Waals surface area contributed by atoms with Crippen LogP contribution in [0.3, 0.4) is 0 Å². The number of hydrogen-bond acceptors (Lipinski definition) is 4. The summed E-state index contributed by atoms with van der Waals surface area (Å²) < 4.78 is 39.6. The number of halogens is 2. The molecule has 5 nitrogen and oxygen atoms in total. The van der Waals surface area contributed by atoms with Crippen molar-refractivity contribution in [2.75, 3.05) is 10.5 Å². The maximum atomic E-state index is 12.9. The van der Waals surface area contributed by atoms with Crippen molar-refractivity contribution in [1.82, 2.24) is 0 Å². The molecule has 0 amide bonds. The highest BCUT2D eigenvalue weighted by molar-refractivity contribution is 7.92. The van der Waals surface area contributed by atoms with Crippen LogP contribution in [0, 0.1) is 17.1 Å². The lowest BCUT2D eigenvalue weighted by Gasteiger charge is -2.11. The Morgan fingerprint density at radius 1 is 1.24 bits per heavy atom. The van der Waals surface area contributed by atoms with Crippen molar-refractivity contribution >= 4 is 33.0 Å². The second-order valence-electron chi connectivity index (χ2n) is 4.09. The summed E-state index contributed by atoms with van der Waals surface area (Å²) in [6, 6.07) is 8.92. The number of sulfonamides is 1. The molecule has 0 unspecified atom stereocenters. The summed E-state index contributed by atoms with van der Waals surface area (Å²) in [6.07, 6.45) is 0. The molecule has 0 aliphatic heterocycles. The normalized spacial score (nSPS) is 10.9. The Kier molecular flexibility index (Phi) is 4.02. The molecule has 108 valence electrons. The van der Waals surface area contributed by atoms with E-state index < -0.39 is 15.8 Å². The number of nitrogens with zero attached hydrogens (tertiary/aromatic N) is 1. The highest BCUT2D eigenvalue weighted by Gasteiger charge is 2.19. The van der Waals surface area contributed by atoms with Crippen LogP contribution in [-0.4, -0.2) is 8.42 Å². The molecule has 0 saturated carbocycles. The molecule has 2 aromatic rings. The number of hydrogen-bond donors (Lipinski definition) is 2. The van der Waals surface area contributed by atoms with E-state index in [1.165, 1.54) is 24.3 Å². The summed E-state index contributed by atoms with van der Waals surface area (Å²) in [4.78, 5) is -0.193. The van der Waals surface area contributed by atoms with E-state index in [4.69, 9.17) is 22.6 Å². The van der Waals surface area contributed by atoms with Crippen LogP contribution in [0.25, 0.3) is 0 Å². The van der Waals surface area contributed by atoms with Crippen molar-refractivity contribution < 1.29 is 12.8 Å². The molecule has 8 heteroatoms. The van der Waals surface area contributed by atoms with E-state index in [1.54, 1.807) is 0 Å². The summed E-state index contributed by atoms with van der Waals surface area (Å²) in [5, 5.41) is 8.65. The van der Waals surface area contributed by atoms with Gasteiger partial charge in [0, 0.05) is 0 Å². The van der Waals surface area contributed by atoms with Crippen molar-refractivity contribution in [2.24, 2.45) is 0 Å². The number of nitrogen functional groups attached to an aromatic ring is 1. The van der Waals surface area contributed by atoms with Crippen molar-refractivity contribution in [3.63, 3.8) is 0 Å². The van der Waals surface area contributed by atoms with Crippen molar-refractivity contribution in [3.8, 4) is 6.07 Å². The lowest BCUT2D eigenvalue weighted by molar-refractivity contribution is 0.601. The van der Waals surface area contributed by atoms with Crippen LogP contribution in [0.1, 0.15) is 5.56 Å². The molecule has 0 aromatic heterocycles. The molecular weight excluding hydrogens is 317 g/mol. The maximum Gasteiger partial charge on any atom is 0.263 e. The number of benzene rings is 2. The van der Waals surface area contributed by atoms with Gasteiger partial charge in [0.05, 0.1) is 28.0 Å². The molecule has 0 atom stereocenters. The summed E-state index contributed by atoms with van der Waals surface area (Å²) in [7, 11) is -4.00. The van der Waals surface area contributed by atoms with Gasteiger partial charge in [0.25, 0.3) is 10.0 Å². The third kappa shape index (κ3) is 3.24. The van der Waals surface area contributed by atoms with E-state index in [2.05, 4.69) is 4.72 Å². The van der Waals surface area contributed by atoms with Crippen molar-refractivity contribution in [1.29, 1.82) is 5.26 Å². The van der Waals surface area contributed by atoms with E-state index in [0.717, 1.165) is 12.1 Å². The Morgan fingerprint density at radius 3 is 2.52 bits per heavy atom. The zero-order valence-corrected chi connectivity index (χ0v) is 12.0. The summed E-state index contributed by atoms with van der Waals surface area (Å²) in [6.45, 7) is 0. The van der Waals surface area contributed by atoms with Gasteiger partial charge in [-0.05, 0) is 36.4 Å². The molecule has 0 aliphatic carbocycles. The number of nitrogens with one attached hydrogen (secondary N) is 1. The fraction of sp³-hybridized carbons (Fsp3) is 0. The quantitative estimate of drug-likeness (QED) is 0.848. The highest BCUT2D eigenvalue weighted by Crippen LogP contribution is 2.27. The first-order chi connectivity index (χ1) is 9.83. The topological polar surface area (TPSA) is 96.0 Å². The molecular formula is C13H9ClFN3O2S. The molecule has 2 aromatic carbocycles. The number of nitriles is 1. The monoisotopic (exact) mass is 325 g/mol. The van der Waals surface area contributed by atoms with Gasteiger partial charge in [-0.1, -0.05) is 11.6 Å². The van der Waals surface area contributed by atoms with E-state index in [9.17, 15) is 12.8 Å². The van der Waals surface area contributed by atoms with Gasteiger partial charge in [0.15, 0.2) is 0 Å². The molecule has 0 spiro atoms. The second kappa shape index (κ2) is 5.60. The lowest BCUT2D eigenvalue weighted by atomic mass is 10.2. The van der Waals surface area contributed by atoms with Gasteiger partial charge in [-0.2, -0.15) is 5.26 Å². The van der Waals surface area contributed by atoms with Gasteiger partial charge in [0.2, 0.25) is 0 Å². The first-order valence-electron chi connectivity index (χ1n) is 5.61. The molecule has 0 aliphatic rings. The molecule has 2 rings (SSSR count). The van der Waals surface area contributed by atoms with E-state index in [1.807, 2.05) is 6.07 Å². The van der Waals surface area contributed by atoms with Gasteiger partial charge < -0.3 is 5.73 Å². The first kappa shape index (κ1) is 15.1. The van der Waals surface area contributed by atoms with Crippen LogP contribution in [0.2, 0.25) is 5.02 Å². The zero-order chi connectivity index (χ0) is 15.6. The van der Waals surface area contributed by atoms with Crippen molar-refractivity contribution in [3.05, 3.63) is 52.8 Å². The summed E-state index contributed by atoms with van der Waals surface area (Å²) in [5.41, 5.74) is 5.84. The number of nitrogens with two attached hydrogens (primary N) is 1. The average Bonchev–Trinajstić information content (AvgIpc) is 2.41. The zero-order valence-electron chi connectivity index (χ0n) is 10.5. The highest BCUT2D eigenvalue weighted by atomic mass is 35.5. The Balaban J connectivity index is 2.41. The van der Waals surface area contributed by atoms with Crippen LogP contribution >= 0.6 is 11.6 Å². The fourth-order valence-electron chi connectivity index (χ4n) is 1.63. The van der Waals surface area contributed by atoms with Gasteiger partial charge in [-0.25, -0.2) is 12.8 Å². The van der Waals surface area contributed by atoms with E-state index >= 15 is 0 Å². The van der Waals surface area contributed by atoms with Gasteiger partial charge in [0.1, 0.15) is 10.7 Å². The first-order valence-corrected chi connectivity index (χ1v) is 7.47. The van der Waals surface area contributed by atoms with E-state index in [0.29, 0.717) is 0 Å². The Hall–Kier alpha value is -2.30. The van der Waals surface area contributed by atoms with Crippen LogP contribution in [0.4, 0.5) is 15.8 Å². The minimum absolute atomic E-state index is 0.0295. The Morgan fingerprint density at radius 2 is 1.95 bits per heavy atom. The molecule has 3 N–H and O–H groups in total. The molecule has 0 saturated heterocycles. The summed E-state index contributed by atoms with van der Waals surface area (Å²) in [5.74, 6) is -0.583. The predicted octanol–water partition coefficient (Wildman–Crippen LogP) is 2.73. The fourth-order valence-corrected chi connectivity index (χ4v) is 3.10. The lowest BCUT2D eigenvalue weighted by Crippen LogP contribution is -2.15. The van der Waals surface area contributed by atoms with Gasteiger partial charge >= 0.3 is 0 Å².